The molecule has 0 spiro atoms. The molecule has 0 heterocycles. The second-order valence-corrected chi connectivity index (χ2v) is 5.68. The largest absolute Gasteiger partial charge is 0.392 e. The molecule has 0 aromatic carbocycles. The van der Waals surface area contributed by atoms with Gasteiger partial charge < -0.3 is 5.11 Å². The fourth-order valence-corrected chi connectivity index (χ4v) is 2.10. The number of aliphatic hydroxyl groups excluding tert-OH is 1. The van der Waals surface area contributed by atoms with Gasteiger partial charge in [-0.15, -0.1) is 0 Å². The van der Waals surface area contributed by atoms with Gasteiger partial charge in [0.15, 0.2) is 0 Å². The highest BCUT2D eigenvalue weighted by Crippen LogP contribution is 2.20. The zero-order valence-electron chi connectivity index (χ0n) is 13.5. The van der Waals surface area contributed by atoms with E-state index in [-0.39, 0.29) is 6.61 Å². The van der Waals surface area contributed by atoms with Crippen LogP contribution >= 0.6 is 0 Å². The first-order valence-electron chi connectivity index (χ1n) is 7.60. The Morgan fingerprint density at radius 2 is 1.63 bits per heavy atom. The zero-order valence-corrected chi connectivity index (χ0v) is 13.5. The first-order valence-corrected chi connectivity index (χ1v) is 7.60. The zero-order chi connectivity index (χ0) is 14.7. The Morgan fingerprint density at radius 1 is 1.00 bits per heavy atom. The van der Waals surface area contributed by atoms with Crippen molar-refractivity contribution >= 4 is 0 Å². The fraction of sp³-hybridized carbons (Fsp3) is 0.667. The molecule has 0 aromatic heterocycles. The van der Waals surface area contributed by atoms with E-state index in [0.717, 1.165) is 32.1 Å². The lowest BCUT2D eigenvalue weighted by molar-refractivity contribution is 0.340. The molecule has 0 aliphatic heterocycles. The number of hydrogen-bond acceptors (Lipinski definition) is 1. The van der Waals surface area contributed by atoms with E-state index in [2.05, 4.69) is 46.8 Å². The highest BCUT2D eigenvalue weighted by molar-refractivity contribution is 5.09. The Kier molecular flexibility index (Phi) is 10.6. The predicted molar refractivity (Wildman–Crippen MR) is 86.3 cm³/mol. The lowest BCUT2D eigenvalue weighted by Gasteiger charge is -2.13. The Morgan fingerprint density at radius 3 is 2.16 bits per heavy atom. The molecular weight excluding hydrogens is 232 g/mol. The molecule has 0 amide bonds. The van der Waals surface area contributed by atoms with Crippen molar-refractivity contribution in [2.75, 3.05) is 6.61 Å². The topological polar surface area (TPSA) is 20.2 Å². The quantitative estimate of drug-likeness (QED) is 0.551. The first kappa shape index (κ1) is 18.2. The van der Waals surface area contributed by atoms with Gasteiger partial charge in [-0.3, -0.25) is 0 Å². The first-order chi connectivity index (χ1) is 9.01. The van der Waals surface area contributed by atoms with Crippen molar-refractivity contribution in [1.82, 2.24) is 0 Å². The minimum atomic E-state index is 0.170. The maximum atomic E-state index is 9.06. The normalized spacial score (nSPS) is 14.4. The molecule has 1 nitrogen and oxygen atoms in total. The fourth-order valence-electron chi connectivity index (χ4n) is 2.10. The van der Waals surface area contributed by atoms with Crippen LogP contribution in [0, 0.1) is 5.92 Å². The van der Waals surface area contributed by atoms with Crippen LogP contribution in [0.4, 0.5) is 0 Å². The van der Waals surface area contributed by atoms with Gasteiger partial charge in [0.1, 0.15) is 0 Å². The second kappa shape index (κ2) is 11.0. The molecule has 0 saturated heterocycles. The Balaban J connectivity index is 4.16. The Bertz CT molecular complexity index is 317. The molecule has 0 aromatic rings. The summed E-state index contributed by atoms with van der Waals surface area (Å²) in [6.45, 7) is 11.1. The average molecular weight is 264 g/mol. The number of allylic oxidation sites excluding steroid dienone is 5. The van der Waals surface area contributed by atoms with Crippen LogP contribution in [-0.2, 0) is 0 Å². The molecule has 0 fully saturated rings. The van der Waals surface area contributed by atoms with E-state index in [0.29, 0.717) is 5.92 Å². The van der Waals surface area contributed by atoms with Gasteiger partial charge in [-0.2, -0.15) is 0 Å². The van der Waals surface area contributed by atoms with E-state index in [1.165, 1.54) is 16.7 Å². The molecule has 1 N–H and O–H groups in total. The third-order valence-electron chi connectivity index (χ3n) is 3.62. The minimum absolute atomic E-state index is 0.170. The molecule has 0 rings (SSSR count). The average Bonchev–Trinajstić information content (AvgIpc) is 2.36. The van der Waals surface area contributed by atoms with Gasteiger partial charge in [0, 0.05) is 0 Å². The SMILES string of the molecule is CCC(C)/C(=C\CO)CC/C=C(\C)CCC=C(C)C. The molecule has 1 heteroatoms. The van der Waals surface area contributed by atoms with Crippen molar-refractivity contribution in [3.8, 4) is 0 Å². The van der Waals surface area contributed by atoms with Crippen LogP contribution in [0.1, 0.15) is 66.7 Å². The van der Waals surface area contributed by atoms with Crippen molar-refractivity contribution in [1.29, 1.82) is 0 Å². The van der Waals surface area contributed by atoms with Crippen molar-refractivity contribution in [3.63, 3.8) is 0 Å². The molecule has 0 saturated carbocycles. The molecule has 0 bridgehead atoms. The highest BCUT2D eigenvalue weighted by atomic mass is 16.2. The molecule has 1 unspecified atom stereocenters. The summed E-state index contributed by atoms with van der Waals surface area (Å²) in [4.78, 5) is 0. The second-order valence-electron chi connectivity index (χ2n) is 5.68. The van der Waals surface area contributed by atoms with E-state index < -0.39 is 0 Å². The van der Waals surface area contributed by atoms with Gasteiger partial charge in [-0.05, 0) is 58.8 Å². The Hall–Kier alpha value is -0.820. The van der Waals surface area contributed by atoms with Crippen LogP contribution < -0.4 is 0 Å². The molecule has 0 radical (unpaired) electrons. The van der Waals surface area contributed by atoms with Crippen LogP contribution in [0.3, 0.4) is 0 Å². The molecule has 110 valence electrons. The van der Waals surface area contributed by atoms with E-state index in [1.807, 2.05) is 6.08 Å². The lowest BCUT2D eigenvalue weighted by Crippen LogP contribution is -1.99. The summed E-state index contributed by atoms with van der Waals surface area (Å²) in [6, 6.07) is 0. The van der Waals surface area contributed by atoms with Gasteiger partial charge in [0.05, 0.1) is 6.61 Å². The Labute approximate surface area is 120 Å². The number of rotatable bonds is 9. The van der Waals surface area contributed by atoms with Gasteiger partial charge in [-0.1, -0.05) is 48.8 Å². The summed E-state index contributed by atoms with van der Waals surface area (Å²) in [6.07, 6.45) is 12.3. The van der Waals surface area contributed by atoms with Crippen LogP contribution in [0.5, 0.6) is 0 Å². The smallest absolute Gasteiger partial charge is 0.0615 e. The maximum Gasteiger partial charge on any atom is 0.0615 e. The van der Waals surface area contributed by atoms with E-state index in [1.54, 1.807) is 0 Å². The number of aliphatic hydroxyl groups is 1. The van der Waals surface area contributed by atoms with Crippen molar-refractivity contribution in [2.24, 2.45) is 5.92 Å². The van der Waals surface area contributed by atoms with Crippen molar-refractivity contribution < 1.29 is 5.11 Å². The highest BCUT2D eigenvalue weighted by Gasteiger charge is 2.05. The predicted octanol–water partition coefficient (Wildman–Crippen LogP) is 5.42. The van der Waals surface area contributed by atoms with Crippen LogP contribution in [0.15, 0.2) is 34.9 Å². The summed E-state index contributed by atoms with van der Waals surface area (Å²) in [5.74, 6) is 0.589. The third kappa shape index (κ3) is 9.72. The molecule has 1 atom stereocenters. The van der Waals surface area contributed by atoms with Gasteiger partial charge in [-0.25, -0.2) is 0 Å². The summed E-state index contributed by atoms with van der Waals surface area (Å²) in [5, 5.41) is 9.06. The van der Waals surface area contributed by atoms with Crippen LogP contribution in [-0.4, -0.2) is 11.7 Å². The van der Waals surface area contributed by atoms with Crippen LogP contribution in [0.25, 0.3) is 0 Å². The molecule has 0 aliphatic carbocycles. The third-order valence-corrected chi connectivity index (χ3v) is 3.62. The summed E-state index contributed by atoms with van der Waals surface area (Å²) >= 11 is 0. The molecule has 19 heavy (non-hydrogen) atoms. The monoisotopic (exact) mass is 264 g/mol. The van der Waals surface area contributed by atoms with E-state index in [4.69, 9.17) is 5.11 Å². The van der Waals surface area contributed by atoms with Gasteiger partial charge >= 0.3 is 0 Å². The maximum absolute atomic E-state index is 9.06. The summed E-state index contributed by atoms with van der Waals surface area (Å²) in [7, 11) is 0. The molecule has 0 aliphatic rings. The van der Waals surface area contributed by atoms with Crippen LogP contribution in [0.2, 0.25) is 0 Å². The van der Waals surface area contributed by atoms with Crippen molar-refractivity contribution in [2.45, 2.75) is 66.7 Å². The minimum Gasteiger partial charge on any atom is -0.392 e. The number of hydrogen-bond donors (Lipinski definition) is 1. The van der Waals surface area contributed by atoms with E-state index >= 15 is 0 Å². The summed E-state index contributed by atoms with van der Waals surface area (Å²) < 4.78 is 0. The van der Waals surface area contributed by atoms with Crippen molar-refractivity contribution in [3.05, 3.63) is 34.9 Å². The van der Waals surface area contributed by atoms with E-state index in [9.17, 15) is 0 Å². The standard InChI is InChI=1S/C18H32O/c1-6-17(5)18(13-14-19)12-8-11-16(4)10-7-9-15(2)3/h9,11,13,17,19H,6-8,10,12,14H2,1-5H3/b16-11+,18-13-. The van der Waals surface area contributed by atoms with Gasteiger partial charge in [0.2, 0.25) is 0 Å². The molecular formula is C18H32O. The lowest BCUT2D eigenvalue weighted by atomic mass is 9.93. The summed E-state index contributed by atoms with van der Waals surface area (Å²) in [5.41, 5.74) is 4.28. The van der Waals surface area contributed by atoms with Gasteiger partial charge in [0.25, 0.3) is 0 Å².